The van der Waals surface area contributed by atoms with Gasteiger partial charge in [-0.3, -0.25) is 9.88 Å². The van der Waals surface area contributed by atoms with E-state index in [2.05, 4.69) is 20.9 Å². The van der Waals surface area contributed by atoms with Gasteiger partial charge in [-0.2, -0.15) is 15.2 Å². The van der Waals surface area contributed by atoms with Gasteiger partial charge in [-0.25, -0.2) is 13.6 Å². The van der Waals surface area contributed by atoms with Crippen molar-refractivity contribution in [1.82, 2.24) is 24.8 Å². The lowest BCUT2D eigenvalue weighted by molar-refractivity contribution is 0.0145. The topological polar surface area (TPSA) is 117 Å². The molecule has 7 rings (SSSR count). The van der Waals surface area contributed by atoms with Crippen LogP contribution in [0.4, 0.5) is 19.4 Å². The number of fused-ring (bicyclic) bond motifs is 4. The van der Waals surface area contributed by atoms with Crippen molar-refractivity contribution in [1.29, 1.82) is 5.26 Å². The van der Waals surface area contributed by atoms with E-state index in [-0.39, 0.29) is 41.8 Å². The van der Waals surface area contributed by atoms with E-state index in [1.54, 1.807) is 49.9 Å². The van der Waals surface area contributed by atoms with Crippen LogP contribution in [-0.2, 0) is 9.47 Å². The van der Waals surface area contributed by atoms with E-state index in [1.165, 1.54) is 12.3 Å². The third kappa shape index (κ3) is 6.72. The Hall–Kier alpha value is -4.38. The van der Waals surface area contributed by atoms with Gasteiger partial charge < -0.3 is 24.0 Å². The van der Waals surface area contributed by atoms with Crippen molar-refractivity contribution >= 4 is 45.2 Å². The van der Waals surface area contributed by atoms with Crippen molar-refractivity contribution in [3.8, 4) is 23.3 Å². The fourth-order valence-electron chi connectivity index (χ4n) is 7.09. The Morgan fingerprint density at radius 2 is 2.00 bits per heavy atom. The standard InChI is InChI=1S/C36H38ClF2N7O4/c1-36(2,3)50-35(47)46-14-13-45(18-22(46)10-11-40)33-26-17-41-31(25-7-4-6-21-8-9-27(38)29(37)28(21)25)30(39)32(26)42-34(43-33)48-15-5-12-44-19-24-16-23(44)20-49-24/h4,6-9,17,22-24H,5,10,12-16,18-20H2,1-3H3/t22-,23?,24-/m0/s1. The van der Waals surface area contributed by atoms with Crippen molar-refractivity contribution in [3.05, 3.63) is 53.2 Å². The Bertz CT molecular complexity index is 1990. The first-order chi connectivity index (χ1) is 24.0. The summed E-state index contributed by atoms with van der Waals surface area (Å²) >= 11 is 6.40. The summed E-state index contributed by atoms with van der Waals surface area (Å²) in [6, 6.07) is 10.1. The number of likely N-dealkylation sites (tertiary alicyclic amines) is 1. The van der Waals surface area contributed by atoms with Crippen molar-refractivity contribution < 1.29 is 27.8 Å². The van der Waals surface area contributed by atoms with Crippen LogP contribution in [0.5, 0.6) is 6.01 Å². The van der Waals surface area contributed by atoms with Gasteiger partial charge in [-0.1, -0.05) is 35.9 Å². The number of aromatic nitrogens is 3. The number of halogens is 3. The number of hydrogen-bond donors (Lipinski definition) is 0. The largest absolute Gasteiger partial charge is 0.463 e. The molecule has 1 unspecified atom stereocenters. The van der Waals surface area contributed by atoms with Gasteiger partial charge in [0.2, 0.25) is 0 Å². The molecular weight excluding hydrogens is 668 g/mol. The maximum absolute atomic E-state index is 16.7. The van der Waals surface area contributed by atoms with E-state index in [4.69, 9.17) is 30.8 Å². The van der Waals surface area contributed by atoms with Crippen LogP contribution >= 0.6 is 11.6 Å². The Kier molecular flexibility index (Phi) is 9.36. The highest BCUT2D eigenvalue weighted by molar-refractivity contribution is 6.36. The van der Waals surface area contributed by atoms with Crippen LogP contribution in [-0.4, -0.2) is 101 Å². The molecule has 2 bridgehead atoms. The van der Waals surface area contributed by atoms with E-state index < -0.39 is 29.4 Å². The Morgan fingerprint density at radius 1 is 1.16 bits per heavy atom. The number of amides is 1. The zero-order valence-electron chi connectivity index (χ0n) is 28.2. The highest BCUT2D eigenvalue weighted by Gasteiger charge is 2.38. The molecule has 0 aliphatic carbocycles. The summed E-state index contributed by atoms with van der Waals surface area (Å²) in [6.45, 7) is 8.97. The number of anilines is 1. The van der Waals surface area contributed by atoms with Crippen LogP contribution in [0.1, 0.15) is 40.0 Å². The lowest BCUT2D eigenvalue weighted by Crippen LogP contribution is -2.56. The molecular formula is C36H38ClF2N7O4. The number of benzene rings is 2. The average Bonchev–Trinajstić information content (AvgIpc) is 3.72. The number of hydrogen-bond acceptors (Lipinski definition) is 10. The number of morpholine rings is 1. The molecule has 50 heavy (non-hydrogen) atoms. The Morgan fingerprint density at radius 3 is 2.74 bits per heavy atom. The third-order valence-corrected chi connectivity index (χ3v) is 9.78. The Labute approximate surface area is 293 Å². The van der Waals surface area contributed by atoms with E-state index >= 15 is 4.39 Å². The van der Waals surface area contributed by atoms with Crippen LogP contribution in [0.15, 0.2) is 36.5 Å². The minimum atomic E-state index is -0.738. The maximum atomic E-state index is 16.7. The van der Waals surface area contributed by atoms with Crippen LogP contribution in [0.25, 0.3) is 32.9 Å². The van der Waals surface area contributed by atoms with Crippen molar-refractivity contribution in [2.45, 2.75) is 63.8 Å². The summed E-state index contributed by atoms with van der Waals surface area (Å²) in [5.74, 6) is -0.997. The number of piperazine rings is 1. The fraction of sp³-hybridized carbons (Fsp3) is 0.472. The van der Waals surface area contributed by atoms with Crippen LogP contribution in [0, 0.1) is 23.0 Å². The fourth-order valence-corrected chi connectivity index (χ4v) is 7.37. The molecule has 3 fully saturated rings. The monoisotopic (exact) mass is 705 g/mol. The van der Waals surface area contributed by atoms with Crippen molar-refractivity contribution in [2.24, 2.45) is 0 Å². The molecule has 11 nitrogen and oxygen atoms in total. The maximum Gasteiger partial charge on any atom is 0.410 e. The molecule has 0 N–H and O–H groups in total. The van der Waals surface area contributed by atoms with Crippen molar-refractivity contribution in [2.75, 3.05) is 50.8 Å². The molecule has 0 radical (unpaired) electrons. The summed E-state index contributed by atoms with van der Waals surface area (Å²) < 4.78 is 48.8. The number of nitrogens with zero attached hydrogens (tertiary/aromatic N) is 7. The third-order valence-electron chi connectivity index (χ3n) is 9.41. The van der Waals surface area contributed by atoms with Crippen LogP contribution < -0.4 is 9.64 Å². The molecule has 3 aliphatic heterocycles. The number of carbonyl (C=O) groups excluding carboxylic acids is 1. The van der Waals surface area contributed by atoms with E-state index in [1.807, 2.05) is 4.90 Å². The molecule has 2 aromatic carbocycles. The van der Waals surface area contributed by atoms with Gasteiger partial charge in [-0.05, 0) is 45.1 Å². The molecule has 0 spiro atoms. The number of nitriles is 1. The summed E-state index contributed by atoms with van der Waals surface area (Å²) in [4.78, 5) is 32.7. The first-order valence-corrected chi connectivity index (χ1v) is 17.2. The summed E-state index contributed by atoms with van der Waals surface area (Å²) in [6.07, 6.45) is 3.10. The first kappa shape index (κ1) is 34.1. The van der Waals surface area contributed by atoms with E-state index in [0.717, 1.165) is 26.1 Å². The normalized spacial score (nSPS) is 20.9. The van der Waals surface area contributed by atoms with Gasteiger partial charge >= 0.3 is 12.1 Å². The highest BCUT2D eigenvalue weighted by Crippen LogP contribution is 2.38. The van der Waals surface area contributed by atoms with E-state index in [0.29, 0.717) is 59.3 Å². The van der Waals surface area contributed by atoms with Crippen LogP contribution in [0.3, 0.4) is 0 Å². The summed E-state index contributed by atoms with van der Waals surface area (Å²) in [7, 11) is 0. The highest BCUT2D eigenvalue weighted by atomic mass is 35.5. The Balaban J connectivity index is 1.24. The van der Waals surface area contributed by atoms with Gasteiger partial charge in [0.1, 0.15) is 28.4 Å². The molecule has 2 aromatic heterocycles. The average molecular weight is 706 g/mol. The van der Waals surface area contributed by atoms with Gasteiger partial charge in [0, 0.05) is 55.9 Å². The lowest BCUT2D eigenvalue weighted by Gasteiger charge is -2.41. The molecule has 262 valence electrons. The smallest absolute Gasteiger partial charge is 0.410 e. The minimum Gasteiger partial charge on any atom is -0.463 e. The second kappa shape index (κ2) is 13.7. The molecule has 3 aliphatic rings. The zero-order valence-corrected chi connectivity index (χ0v) is 28.9. The number of rotatable bonds is 8. The number of ether oxygens (including phenoxy) is 3. The predicted octanol–water partition coefficient (Wildman–Crippen LogP) is 6.36. The van der Waals surface area contributed by atoms with Gasteiger partial charge in [0.05, 0.1) is 48.3 Å². The summed E-state index contributed by atoms with van der Waals surface area (Å²) in [5, 5.41) is 10.8. The molecule has 14 heteroatoms. The lowest BCUT2D eigenvalue weighted by atomic mass is 10.0. The molecule has 3 saturated heterocycles. The summed E-state index contributed by atoms with van der Waals surface area (Å²) in [5.41, 5.74) is -0.462. The quantitative estimate of drug-likeness (QED) is 0.192. The zero-order chi connectivity index (χ0) is 35.2. The van der Waals surface area contributed by atoms with Gasteiger partial charge in [0.15, 0.2) is 5.82 Å². The number of pyridine rings is 1. The number of carbonyl (C=O) groups is 1. The second-order valence-electron chi connectivity index (χ2n) is 14.0. The van der Waals surface area contributed by atoms with Gasteiger partial charge in [-0.15, -0.1) is 0 Å². The molecule has 5 heterocycles. The molecule has 3 atom stereocenters. The van der Waals surface area contributed by atoms with E-state index in [9.17, 15) is 14.4 Å². The SMILES string of the molecule is CC(C)(C)OC(=O)N1CCN(c2nc(OCCCN3C[C@@H]4CC3CO4)nc3c(F)c(-c4cccc5ccc(F)c(Cl)c45)ncc23)C[C@@H]1CC#N. The van der Waals surface area contributed by atoms with Gasteiger partial charge in [0.25, 0.3) is 0 Å². The molecule has 4 aromatic rings. The molecule has 1 amide bonds. The minimum absolute atomic E-state index is 0.0109. The predicted molar refractivity (Wildman–Crippen MR) is 184 cm³/mol. The van der Waals surface area contributed by atoms with Crippen LogP contribution in [0.2, 0.25) is 5.02 Å². The van der Waals surface area contributed by atoms with Crippen molar-refractivity contribution in [3.63, 3.8) is 0 Å². The first-order valence-electron chi connectivity index (χ1n) is 16.8. The second-order valence-corrected chi connectivity index (χ2v) is 14.3. The molecule has 0 saturated carbocycles.